The van der Waals surface area contributed by atoms with E-state index in [2.05, 4.69) is 23.4 Å². The van der Waals surface area contributed by atoms with Gasteiger partial charge >= 0.3 is 0 Å². The topological polar surface area (TPSA) is 68.4 Å². The number of hydrogen-bond donors (Lipinski definition) is 1. The predicted molar refractivity (Wildman–Crippen MR) is 117 cm³/mol. The minimum Gasteiger partial charge on any atom is -0.354 e. The van der Waals surface area contributed by atoms with E-state index in [1.54, 1.807) is 39.7 Å². The molecule has 1 N–H and O–H groups in total. The predicted octanol–water partition coefficient (Wildman–Crippen LogP) is 3.28. The van der Waals surface area contributed by atoms with Crippen LogP contribution in [0.4, 0.5) is 4.39 Å². The monoisotopic (exact) mass is 418 g/mol. The molecule has 6 nitrogen and oxygen atoms in total. The summed E-state index contributed by atoms with van der Waals surface area (Å²) < 4.78 is 16.1. The Hall–Kier alpha value is -3.74. The molecule has 0 atom stereocenters. The van der Waals surface area contributed by atoms with Gasteiger partial charge in [0.15, 0.2) is 0 Å². The Labute approximate surface area is 179 Å². The number of carbonyl (C=O) groups excluding carboxylic acids is 1. The van der Waals surface area contributed by atoms with Crippen LogP contribution in [0.5, 0.6) is 0 Å². The molecule has 0 fully saturated rings. The van der Waals surface area contributed by atoms with Crippen LogP contribution in [-0.2, 0) is 17.8 Å². The highest BCUT2D eigenvalue weighted by Crippen LogP contribution is 2.21. The number of halogens is 1. The number of hydrogen-bond acceptors (Lipinski definition) is 3. The second-order valence-corrected chi connectivity index (χ2v) is 7.61. The van der Waals surface area contributed by atoms with Crippen molar-refractivity contribution in [3.05, 3.63) is 93.8 Å². The molecule has 31 heavy (non-hydrogen) atoms. The van der Waals surface area contributed by atoms with Crippen LogP contribution >= 0.6 is 0 Å². The molecule has 0 radical (unpaired) electrons. The molecule has 0 bridgehead atoms. The molecule has 0 unspecified atom stereocenters. The fourth-order valence-electron chi connectivity index (χ4n) is 3.41. The average Bonchev–Trinajstić information content (AvgIpc) is 3.19. The van der Waals surface area contributed by atoms with Crippen LogP contribution in [-0.4, -0.2) is 26.6 Å². The Morgan fingerprint density at radius 3 is 2.55 bits per heavy atom. The van der Waals surface area contributed by atoms with E-state index in [0.29, 0.717) is 18.6 Å². The normalized spacial score (nSPS) is 11.1. The van der Waals surface area contributed by atoms with E-state index in [0.717, 1.165) is 16.8 Å². The zero-order valence-corrected chi connectivity index (χ0v) is 17.4. The number of aryl methyl sites for hydroxylation is 2. The van der Waals surface area contributed by atoms with E-state index in [-0.39, 0.29) is 23.7 Å². The van der Waals surface area contributed by atoms with Gasteiger partial charge in [-0.05, 0) is 54.8 Å². The minimum absolute atomic E-state index is 0.163. The molecule has 0 saturated carbocycles. The summed E-state index contributed by atoms with van der Waals surface area (Å²) in [5.41, 5.74) is 5.12. The van der Waals surface area contributed by atoms with Gasteiger partial charge in [0.05, 0.1) is 12.1 Å². The number of carbonyl (C=O) groups is 1. The van der Waals surface area contributed by atoms with Gasteiger partial charge in [0.1, 0.15) is 11.3 Å². The Kier molecular flexibility index (Phi) is 5.66. The lowest BCUT2D eigenvalue weighted by atomic mass is 10.0. The van der Waals surface area contributed by atoms with Crippen molar-refractivity contribution in [1.82, 2.24) is 19.5 Å². The smallest absolute Gasteiger partial charge is 0.276 e. The maximum absolute atomic E-state index is 13.0. The van der Waals surface area contributed by atoms with Gasteiger partial charge in [0.2, 0.25) is 5.91 Å². The first kappa shape index (κ1) is 20.5. The van der Waals surface area contributed by atoms with Crippen LogP contribution in [0.15, 0.2) is 65.7 Å². The maximum Gasteiger partial charge on any atom is 0.276 e. The zero-order valence-electron chi connectivity index (χ0n) is 17.4. The number of nitrogens with one attached hydrogen (secondary N) is 1. The lowest BCUT2D eigenvalue weighted by Gasteiger charge is -2.08. The number of nitrogens with zero attached hydrogens (tertiary/aromatic N) is 3. The highest BCUT2D eigenvalue weighted by Gasteiger charge is 2.10. The van der Waals surface area contributed by atoms with Crippen molar-refractivity contribution in [3.8, 4) is 11.3 Å². The molecule has 0 aliphatic carbocycles. The fraction of sp³-hybridized carbons (Fsp3) is 0.208. The summed E-state index contributed by atoms with van der Waals surface area (Å²) in [4.78, 5) is 24.9. The van der Waals surface area contributed by atoms with Crippen LogP contribution in [0.1, 0.15) is 16.7 Å². The Bertz CT molecular complexity index is 1310. The van der Waals surface area contributed by atoms with Gasteiger partial charge in [0.25, 0.3) is 5.56 Å². The number of rotatable bonds is 6. The molecule has 4 rings (SSSR count). The van der Waals surface area contributed by atoms with Crippen molar-refractivity contribution in [2.75, 3.05) is 6.54 Å². The SMILES string of the molecule is Cc1ccc(-c2cc3c(=O)n(CCNC(=O)Cc4ccc(F)cc4)ccn3n2)cc1C. The first-order chi connectivity index (χ1) is 14.9. The minimum atomic E-state index is -0.334. The molecular formula is C24H23FN4O2. The summed E-state index contributed by atoms with van der Waals surface area (Å²) in [5.74, 6) is -0.512. The fourth-order valence-corrected chi connectivity index (χ4v) is 3.41. The molecule has 2 heterocycles. The third-order valence-electron chi connectivity index (χ3n) is 5.36. The molecule has 4 aromatic rings. The van der Waals surface area contributed by atoms with Crippen LogP contribution in [0.3, 0.4) is 0 Å². The summed E-state index contributed by atoms with van der Waals surface area (Å²) in [6, 6.07) is 13.7. The van der Waals surface area contributed by atoms with Crippen molar-refractivity contribution < 1.29 is 9.18 Å². The summed E-state index contributed by atoms with van der Waals surface area (Å²) >= 11 is 0. The molecule has 1 amide bonds. The summed E-state index contributed by atoms with van der Waals surface area (Å²) in [6.07, 6.45) is 3.57. The average molecular weight is 418 g/mol. The van der Waals surface area contributed by atoms with E-state index < -0.39 is 0 Å². The summed E-state index contributed by atoms with van der Waals surface area (Å²) in [7, 11) is 0. The van der Waals surface area contributed by atoms with Crippen LogP contribution < -0.4 is 10.9 Å². The molecule has 0 aliphatic rings. The second-order valence-electron chi connectivity index (χ2n) is 7.61. The quantitative estimate of drug-likeness (QED) is 0.523. The van der Waals surface area contributed by atoms with Crippen molar-refractivity contribution >= 4 is 11.4 Å². The van der Waals surface area contributed by atoms with E-state index in [1.807, 2.05) is 19.1 Å². The molecule has 0 aliphatic heterocycles. The first-order valence-corrected chi connectivity index (χ1v) is 10.1. The Morgan fingerprint density at radius 2 is 1.81 bits per heavy atom. The van der Waals surface area contributed by atoms with E-state index in [9.17, 15) is 14.0 Å². The number of fused-ring (bicyclic) bond motifs is 1. The van der Waals surface area contributed by atoms with Crippen molar-refractivity contribution in [3.63, 3.8) is 0 Å². The largest absolute Gasteiger partial charge is 0.354 e. The summed E-state index contributed by atoms with van der Waals surface area (Å²) in [5, 5.41) is 7.32. The van der Waals surface area contributed by atoms with Crippen LogP contribution in [0, 0.1) is 19.7 Å². The first-order valence-electron chi connectivity index (χ1n) is 10.1. The lowest BCUT2D eigenvalue weighted by Crippen LogP contribution is -2.32. The van der Waals surface area contributed by atoms with E-state index >= 15 is 0 Å². The highest BCUT2D eigenvalue weighted by molar-refractivity contribution is 5.78. The van der Waals surface area contributed by atoms with E-state index in [1.165, 1.54) is 23.3 Å². The van der Waals surface area contributed by atoms with Gasteiger partial charge in [-0.1, -0.05) is 24.3 Å². The molecule has 2 aromatic carbocycles. The van der Waals surface area contributed by atoms with E-state index in [4.69, 9.17) is 0 Å². The molecule has 0 saturated heterocycles. The molecule has 2 aromatic heterocycles. The van der Waals surface area contributed by atoms with Crippen molar-refractivity contribution in [2.24, 2.45) is 0 Å². The van der Waals surface area contributed by atoms with Gasteiger partial charge in [-0.2, -0.15) is 5.10 Å². The Morgan fingerprint density at radius 1 is 1.03 bits per heavy atom. The number of benzene rings is 2. The lowest BCUT2D eigenvalue weighted by molar-refractivity contribution is -0.120. The highest BCUT2D eigenvalue weighted by atomic mass is 19.1. The molecule has 158 valence electrons. The third kappa shape index (κ3) is 4.55. The third-order valence-corrected chi connectivity index (χ3v) is 5.36. The van der Waals surface area contributed by atoms with Crippen LogP contribution in [0.2, 0.25) is 0 Å². The maximum atomic E-state index is 13.0. The molecule has 0 spiro atoms. The Balaban J connectivity index is 1.44. The van der Waals surface area contributed by atoms with Gasteiger partial charge in [-0.25, -0.2) is 8.91 Å². The standard InChI is InChI=1S/C24H23FN4O2/c1-16-3-6-19(13-17(16)2)21-15-22-24(31)28(11-12-29(22)27-21)10-9-26-23(30)14-18-4-7-20(25)8-5-18/h3-8,11-13,15H,9-10,14H2,1-2H3,(H,26,30). The number of amides is 1. The second kappa shape index (κ2) is 8.55. The molecule has 7 heteroatoms. The number of aromatic nitrogens is 3. The zero-order chi connectivity index (χ0) is 22.0. The summed E-state index contributed by atoms with van der Waals surface area (Å²) in [6.45, 7) is 4.76. The van der Waals surface area contributed by atoms with Crippen molar-refractivity contribution in [1.29, 1.82) is 0 Å². The van der Waals surface area contributed by atoms with Gasteiger partial charge in [-0.3, -0.25) is 9.59 Å². The van der Waals surface area contributed by atoms with Crippen molar-refractivity contribution in [2.45, 2.75) is 26.8 Å². The van der Waals surface area contributed by atoms with Gasteiger partial charge < -0.3 is 9.88 Å². The van der Waals surface area contributed by atoms with Gasteiger partial charge in [0, 0.05) is 31.0 Å². The molecular weight excluding hydrogens is 395 g/mol. The van der Waals surface area contributed by atoms with Crippen LogP contribution in [0.25, 0.3) is 16.8 Å². The van der Waals surface area contributed by atoms with Gasteiger partial charge in [-0.15, -0.1) is 0 Å².